The molecule has 0 aliphatic carbocycles. The molecule has 0 spiro atoms. The van der Waals surface area contributed by atoms with Gasteiger partial charge in [-0.3, -0.25) is 0 Å². The van der Waals surface area contributed by atoms with Crippen LogP contribution in [0.2, 0.25) is 0 Å². The van der Waals surface area contributed by atoms with Crippen molar-refractivity contribution in [1.29, 1.82) is 0 Å². The minimum atomic E-state index is -0.319. The molecule has 0 aliphatic rings. The fraction of sp³-hybridized carbons (Fsp3) is 0.455. The maximum atomic E-state index is 13.2. The molecule has 1 N–H and O–H groups in total. The maximum absolute atomic E-state index is 13.2. The lowest BCUT2D eigenvalue weighted by Gasteiger charge is -2.11. The zero-order chi connectivity index (χ0) is 10.6. The van der Waals surface area contributed by atoms with Crippen molar-refractivity contribution in [3.05, 3.63) is 29.6 Å². The summed E-state index contributed by atoms with van der Waals surface area (Å²) in [5, 5.41) is 9.48. The summed E-state index contributed by atoms with van der Waals surface area (Å²) >= 11 is 1.61. The molecule has 1 rings (SSSR count). The number of benzene rings is 1. The third-order valence-electron chi connectivity index (χ3n) is 2.14. The van der Waals surface area contributed by atoms with Crippen molar-refractivity contribution in [2.75, 3.05) is 0 Å². The molecule has 0 saturated carbocycles. The highest BCUT2D eigenvalue weighted by atomic mass is 32.2. The second kappa shape index (κ2) is 5.37. The van der Waals surface area contributed by atoms with Crippen molar-refractivity contribution in [1.82, 2.24) is 0 Å². The lowest BCUT2D eigenvalue weighted by atomic mass is 10.2. The minimum Gasteiger partial charge on any atom is -0.392 e. The summed E-state index contributed by atoms with van der Waals surface area (Å²) in [6, 6.07) is 4.91. The number of aliphatic hydroxyl groups is 1. The van der Waals surface area contributed by atoms with E-state index in [1.54, 1.807) is 17.8 Å². The number of aliphatic hydroxyl groups excluding tert-OH is 1. The van der Waals surface area contributed by atoms with E-state index in [0.29, 0.717) is 10.8 Å². The van der Waals surface area contributed by atoms with Crippen molar-refractivity contribution in [3.63, 3.8) is 0 Å². The van der Waals surface area contributed by atoms with E-state index in [1.165, 1.54) is 6.07 Å². The fourth-order valence-corrected chi connectivity index (χ4v) is 2.16. The van der Waals surface area contributed by atoms with Crippen LogP contribution < -0.4 is 0 Å². The van der Waals surface area contributed by atoms with Gasteiger partial charge in [-0.15, -0.1) is 11.8 Å². The highest BCUT2D eigenvalue weighted by Crippen LogP contribution is 2.29. The average molecular weight is 214 g/mol. The molecule has 1 unspecified atom stereocenters. The lowest BCUT2D eigenvalue weighted by Crippen LogP contribution is -1.97. The molecule has 0 amide bonds. The molecule has 0 radical (unpaired) electrons. The Balaban J connectivity index is 2.90. The minimum absolute atomic E-state index is 0.231. The van der Waals surface area contributed by atoms with Crippen LogP contribution in [0.25, 0.3) is 0 Å². The summed E-state index contributed by atoms with van der Waals surface area (Å²) in [4.78, 5) is 0.849. The van der Waals surface area contributed by atoms with Gasteiger partial charge in [-0.05, 0) is 18.6 Å². The van der Waals surface area contributed by atoms with E-state index >= 15 is 0 Å². The van der Waals surface area contributed by atoms with E-state index in [4.69, 9.17) is 5.11 Å². The van der Waals surface area contributed by atoms with Crippen LogP contribution in [0.5, 0.6) is 0 Å². The first-order valence-electron chi connectivity index (χ1n) is 4.74. The third-order valence-corrected chi connectivity index (χ3v) is 3.51. The van der Waals surface area contributed by atoms with Crippen LogP contribution in [0, 0.1) is 5.82 Å². The summed E-state index contributed by atoms with van der Waals surface area (Å²) in [5.41, 5.74) is 0.415. The Kier molecular flexibility index (Phi) is 4.42. The molecular weight excluding hydrogens is 199 g/mol. The summed E-state index contributed by atoms with van der Waals surface area (Å²) < 4.78 is 13.2. The molecule has 14 heavy (non-hydrogen) atoms. The summed E-state index contributed by atoms with van der Waals surface area (Å²) in [6.07, 6.45) is 1.03. The van der Waals surface area contributed by atoms with Gasteiger partial charge in [-0.2, -0.15) is 0 Å². The first-order chi connectivity index (χ1) is 6.69. The number of hydrogen-bond donors (Lipinski definition) is 1. The summed E-state index contributed by atoms with van der Waals surface area (Å²) in [6.45, 7) is 3.96. The zero-order valence-corrected chi connectivity index (χ0v) is 9.27. The predicted molar refractivity (Wildman–Crippen MR) is 57.9 cm³/mol. The molecule has 1 aromatic carbocycles. The Morgan fingerprint density at radius 2 is 2.21 bits per heavy atom. The molecule has 3 heteroatoms. The van der Waals surface area contributed by atoms with Gasteiger partial charge in [0.1, 0.15) is 5.82 Å². The molecule has 0 saturated heterocycles. The van der Waals surface area contributed by atoms with Crippen molar-refractivity contribution in [2.45, 2.75) is 37.0 Å². The van der Waals surface area contributed by atoms with Crippen LogP contribution >= 0.6 is 11.8 Å². The van der Waals surface area contributed by atoms with Crippen molar-refractivity contribution in [2.24, 2.45) is 0 Å². The van der Waals surface area contributed by atoms with Gasteiger partial charge in [-0.25, -0.2) is 4.39 Å². The van der Waals surface area contributed by atoms with Crippen molar-refractivity contribution < 1.29 is 9.50 Å². The topological polar surface area (TPSA) is 20.2 Å². The first-order valence-corrected chi connectivity index (χ1v) is 5.61. The number of halogens is 1. The Morgan fingerprint density at radius 1 is 1.50 bits per heavy atom. The summed E-state index contributed by atoms with van der Waals surface area (Å²) in [7, 11) is 0. The highest BCUT2D eigenvalue weighted by Gasteiger charge is 2.10. The summed E-state index contributed by atoms with van der Waals surface area (Å²) in [5.74, 6) is -0.319. The zero-order valence-electron chi connectivity index (χ0n) is 8.46. The molecular formula is C11H15FOS. The van der Waals surface area contributed by atoms with Gasteiger partial charge in [-0.1, -0.05) is 19.9 Å². The second-order valence-corrected chi connectivity index (χ2v) is 4.69. The van der Waals surface area contributed by atoms with Gasteiger partial charge in [0.25, 0.3) is 0 Å². The molecule has 1 aromatic rings. The van der Waals surface area contributed by atoms with Crippen LogP contribution in [-0.2, 0) is 6.61 Å². The van der Waals surface area contributed by atoms with E-state index in [-0.39, 0.29) is 12.4 Å². The molecule has 1 atom stereocenters. The smallest absolute Gasteiger partial charge is 0.129 e. The van der Waals surface area contributed by atoms with E-state index in [0.717, 1.165) is 11.3 Å². The van der Waals surface area contributed by atoms with Gasteiger partial charge >= 0.3 is 0 Å². The first kappa shape index (κ1) is 11.5. The second-order valence-electron chi connectivity index (χ2n) is 3.21. The predicted octanol–water partition coefficient (Wildman–Crippen LogP) is 3.21. The fourth-order valence-electron chi connectivity index (χ4n) is 1.10. The SMILES string of the molecule is CCC(C)Sc1cccc(F)c1CO. The highest BCUT2D eigenvalue weighted by molar-refractivity contribution is 8.00. The van der Waals surface area contributed by atoms with Crippen LogP contribution in [0.1, 0.15) is 25.8 Å². The van der Waals surface area contributed by atoms with Gasteiger partial charge in [0, 0.05) is 15.7 Å². The van der Waals surface area contributed by atoms with Crippen molar-refractivity contribution >= 4 is 11.8 Å². The Labute approximate surface area is 88.3 Å². The van der Waals surface area contributed by atoms with Gasteiger partial charge in [0.15, 0.2) is 0 Å². The quantitative estimate of drug-likeness (QED) is 0.777. The standard InChI is InChI=1S/C11H15FOS/c1-3-8(2)14-11-6-4-5-10(12)9(11)7-13/h4-6,8,13H,3,7H2,1-2H3. The van der Waals surface area contributed by atoms with Gasteiger partial charge in [0.2, 0.25) is 0 Å². The monoisotopic (exact) mass is 214 g/mol. The molecule has 1 nitrogen and oxygen atoms in total. The van der Waals surface area contributed by atoms with Crippen LogP contribution in [0.4, 0.5) is 4.39 Å². The van der Waals surface area contributed by atoms with Crippen LogP contribution in [0.15, 0.2) is 23.1 Å². The van der Waals surface area contributed by atoms with Crippen LogP contribution in [0.3, 0.4) is 0 Å². The molecule has 0 fully saturated rings. The molecule has 0 bridgehead atoms. The van der Waals surface area contributed by atoms with Gasteiger partial charge in [0.05, 0.1) is 6.61 Å². The average Bonchev–Trinajstić information content (AvgIpc) is 2.18. The Morgan fingerprint density at radius 3 is 2.79 bits per heavy atom. The maximum Gasteiger partial charge on any atom is 0.129 e. The Bertz CT molecular complexity index is 301. The number of rotatable bonds is 4. The normalized spacial score (nSPS) is 12.9. The van der Waals surface area contributed by atoms with E-state index in [1.807, 2.05) is 6.07 Å². The number of thioether (sulfide) groups is 1. The Hall–Kier alpha value is -0.540. The third kappa shape index (κ3) is 2.72. The van der Waals surface area contributed by atoms with E-state index in [2.05, 4.69) is 13.8 Å². The largest absolute Gasteiger partial charge is 0.392 e. The molecule has 78 valence electrons. The molecule has 0 aliphatic heterocycles. The van der Waals surface area contributed by atoms with Crippen LogP contribution in [-0.4, -0.2) is 10.4 Å². The lowest BCUT2D eigenvalue weighted by molar-refractivity contribution is 0.272. The van der Waals surface area contributed by atoms with E-state index < -0.39 is 0 Å². The molecule has 0 heterocycles. The number of hydrogen-bond acceptors (Lipinski definition) is 2. The van der Waals surface area contributed by atoms with Gasteiger partial charge < -0.3 is 5.11 Å². The van der Waals surface area contributed by atoms with E-state index in [9.17, 15) is 4.39 Å². The van der Waals surface area contributed by atoms with Crippen molar-refractivity contribution in [3.8, 4) is 0 Å². The molecule has 0 aromatic heterocycles.